The Balaban J connectivity index is 1.90. The first kappa shape index (κ1) is 12.0. The van der Waals surface area contributed by atoms with Crippen molar-refractivity contribution in [3.05, 3.63) is 35.4 Å². The predicted octanol–water partition coefficient (Wildman–Crippen LogP) is 0.985. The molecule has 1 aromatic carbocycles. The highest BCUT2D eigenvalue weighted by atomic mass is 19.2. The van der Waals surface area contributed by atoms with E-state index in [1.807, 2.05) is 0 Å². The summed E-state index contributed by atoms with van der Waals surface area (Å²) in [5.41, 5.74) is 0.479. The van der Waals surface area contributed by atoms with Gasteiger partial charge in [-0.3, -0.25) is 4.79 Å². The van der Waals surface area contributed by atoms with Gasteiger partial charge in [-0.05, 0) is 30.7 Å². The first-order valence-corrected chi connectivity index (χ1v) is 5.59. The van der Waals surface area contributed by atoms with Gasteiger partial charge in [-0.15, -0.1) is 0 Å². The summed E-state index contributed by atoms with van der Waals surface area (Å²) in [6.45, 7) is 1.67. The summed E-state index contributed by atoms with van der Waals surface area (Å²) in [7, 11) is 0. The Morgan fingerprint density at radius 2 is 2.24 bits per heavy atom. The molecule has 2 N–H and O–H groups in total. The van der Waals surface area contributed by atoms with Crippen LogP contribution < -0.4 is 10.6 Å². The molecule has 0 spiro atoms. The van der Waals surface area contributed by atoms with E-state index in [2.05, 4.69) is 10.6 Å². The maximum absolute atomic E-state index is 12.9. The molecule has 2 rings (SSSR count). The largest absolute Gasteiger partial charge is 0.352 e. The molecule has 3 nitrogen and oxygen atoms in total. The third kappa shape index (κ3) is 3.23. The Labute approximate surface area is 98.2 Å². The van der Waals surface area contributed by atoms with Crippen LogP contribution in [0.15, 0.2) is 18.2 Å². The van der Waals surface area contributed by atoms with Crippen LogP contribution in [0.2, 0.25) is 0 Å². The van der Waals surface area contributed by atoms with Gasteiger partial charge in [0.15, 0.2) is 11.6 Å². The Kier molecular flexibility index (Phi) is 3.68. The highest BCUT2D eigenvalue weighted by Gasteiger charge is 2.16. The van der Waals surface area contributed by atoms with Gasteiger partial charge in [-0.25, -0.2) is 8.78 Å². The minimum atomic E-state index is -0.919. The number of hydrogen-bond donors (Lipinski definition) is 2. The molecule has 92 valence electrons. The molecule has 17 heavy (non-hydrogen) atoms. The van der Waals surface area contributed by atoms with E-state index < -0.39 is 11.6 Å². The summed E-state index contributed by atoms with van der Waals surface area (Å²) in [5.74, 6) is -1.98. The van der Waals surface area contributed by atoms with Crippen molar-refractivity contribution in [2.24, 2.45) is 0 Å². The summed E-state index contributed by atoms with van der Waals surface area (Å²) in [5, 5.41) is 5.98. The van der Waals surface area contributed by atoms with E-state index in [1.54, 1.807) is 0 Å². The summed E-state index contributed by atoms with van der Waals surface area (Å²) in [4.78, 5) is 11.6. The molecule has 0 saturated carbocycles. The quantitative estimate of drug-likeness (QED) is 0.827. The summed E-state index contributed by atoms with van der Waals surface area (Å²) >= 11 is 0. The molecule has 1 aromatic rings. The lowest BCUT2D eigenvalue weighted by Gasteiger charge is -2.11. The van der Waals surface area contributed by atoms with Gasteiger partial charge in [0.1, 0.15) is 0 Å². The number of rotatable bonds is 3. The van der Waals surface area contributed by atoms with Crippen molar-refractivity contribution in [3.63, 3.8) is 0 Å². The molecule has 1 fully saturated rings. The van der Waals surface area contributed by atoms with Gasteiger partial charge in [-0.1, -0.05) is 6.07 Å². The molecule has 1 atom stereocenters. The summed E-state index contributed by atoms with van der Waals surface area (Å²) in [6, 6.07) is 3.66. The van der Waals surface area contributed by atoms with Crippen LogP contribution in [-0.2, 0) is 11.2 Å². The monoisotopic (exact) mass is 240 g/mol. The molecule has 0 aromatic heterocycles. The Morgan fingerprint density at radius 1 is 1.41 bits per heavy atom. The average molecular weight is 240 g/mol. The number of carbonyl (C=O) groups is 1. The number of benzene rings is 1. The molecule has 5 heteroatoms. The van der Waals surface area contributed by atoms with Crippen molar-refractivity contribution < 1.29 is 13.6 Å². The van der Waals surface area contributed by atoms with Gasteiger partial charge >= 0.3 is 0 Å². The van der Waals surface area contributed by atoms with Crippen LogP contribution >= 0.6 is 0 Å². The molecule has 1 heterocycles. The van der Waals surface area contributed by atoms with Crippen molar-refractivity contribution in [3.8, 4) is 0 Å². The fraction of sp³-hybridized carbons (Fsp3) is 0.417. The molecule has 1 amide bonds. The average Bonchev–Trinajstić information content (AvgIpc) is 2.76. The van der Waals surface area contributed by atoms with E-state index in [0.29, 0.717) is 5.56 Å². The molecule has 0 bridgehead atoms. The molecular weight excluding hydrogens is 226 g/mol. The van der Waals surface area contributed by atoms with Crippen LogP contribution in [0.5, 0.6) is 0 Å². The van der Waals surface area contributed by atoms with E-state index in [1.165, 1.54) is 6.07 Å². The fourth-order valence-electron chi connectivity index (χ4n) is 1.89. The SMILES string of the molecule is O=C(Cc1ccc(F)c(F)c1)NC1CCNC1. The standard InChI is InChI=1S/C12H14F2N2O/c13-10-2-1-8(5-11(10)14)6-12(17)16-9-3-4-15-7-9/h1-2,5,9,15H,3-4,6-7H2,(H,16,17). The third-order valence-electron chi connectivity index (χ3n) is 2.77. The zero-order valence-electron chi connectivity index (χ0n) is 9.30. The maximum atomic E-state index is 12.9. The minimum absolute atomic E-state index is 0.0771. The van der Waals surface area contributed by atoms with E-state index in [4.69, 9.17) is 0 Å². The molecule has 1 aliphatic heterocycles. The highest BCUT2D eigenvalue weighted by Crippen LogP contribution is 2.09. The predicted molar refractivity (Wildman–Crippen MR) is 59.5 cm³/mol. The lowest BCUT2D eigenvalue weighted by molar-refractivity contribution is -0.121. The fourth-order valence-corrected chi connectivity index (χ4v) is 1.89. The molecule has 0 radical (unpaired) electrons. The van der Waals surface area contributed by atoms with Crippen molar-refractivity contribution >= 4 is 5.91 Å². The van der Waals surface area contributed by atoms with Crippen molar-refractivity contribution in [1.82, 2.24) is 10.6 Å². The Bertz CT molecular complexity index is 417. The zero-order valence-corrected chi connectivity index (χ0v) is 9.30. The van der Waals surface area contributed by atoms with Crippen LogP contribution in [-0.4, -0.2) is 25.0 Å². The van der Waals surface area contributed by atoms with Crippen molar-refractivity contribution in [2.45, 2.75) is 18.9 Å². The van der Waals surface area contributed by atoms with Crippen LogP contribution in [0.4, 0.5) is 8.78 Å². The van der Waals surface area contributed by atoms with Gasteiger partial charge in [0, 0.05) is 12.6 Å². The second-order valence-electron chi connectivity index (χ2n) is 4.18. The van der Waals surface area contributed by atoms with Crippen molar-refractivity contribution in [1.29, 1.82) is 0 Å². The molecule has 0 aliphatic carbocycles. The van der Waals surface area contributed by atoms with E-state index >= 15 is 0 Å². The number of amides is 1. The maximum Gasteiger partial charge on any atom is 0.224 e. The number of nitrogens with one attached hydrogen (secondary N) is 2. The molecule has 1 unspecified atom stereocenters. The first-order valence-electron chi connectivity index (χ1n) is 5.59. The third-order valence-corrected chi connectivity index (χ3v) is 2.77. The number of carbonyl (C=O) groups excluding carboxylic acids is 1. The minimum Gasteiger partial charge on any atom is -0.352 e. The Hall–Kier alpha value is -1.49. The number of halogens is 2. The second-order valence-corrected chi connectivity index (χ2v) is 4.18. The van der Waals surface area contributed by atoms with E-state index in [9.17, 15) is 13.6 Å². The Morgan fingerprint density at radius 3 is 2.88 bits per heavy atom. The molecule has 1 aliphatic rings. The lowest BCUT2D eigenvalue weighted by Crippen LogP contribution is -2.37. The first-order chi connectivity index (χ1) is 8.15. The van der Waals surface area contributed by atoms with Gasteiger partial charge in [0.05, 0.1) is 6.42 Å². The summed E-state index contributed by atoms with van der Waals surface area (Å²) < 4.78 is 25.6. The topological polar surface area (TPSA) is 41.1 Å². The van der Waals surface area contributed by atoms with Crippen molar-refractivity contribution in [2.75, 3.05) is 13.1 Å². The zero-order chi connectivity index (χ0) is 12.3. The van der Waals surface area contributed by atoms with Gasteiger partial charge in [0.25, 0.3) is 0 Å². The van der Waals surface area contributed by atoms with Crippen LogP contribution in [0, 0.1) is 11.6 Å². The van der Waals surface area contributed by atoms with Crippen LogP contribution in [0.3, 0.4) is 0 Å². The van der Waals surface area contributed by atoms with Crippen LogP contribution in [0.25, 0.3) is 0 Å². The van der Waals surface area contributed by atoms with Gasteiger partial charge in [-0.2, -0.15) is 0 Å². The van der Waals surface area contributed by atoms with E-state index in [-0.39, 0.29) is 18.4 Å². The second kappa shape index (κ2) is 5.23. The molecule has 1 saturated heterocycles. The van der Waals surface area contributed by atoms with Crippen LogP contribution in [0.1, 0.15) is 12.0 Å². The van der Waals surface area contributed by atoms with Gasteiger partial charge in [0.2, 0.25) is 5.91 Å². The van der Waals surface area contributed by atoms with E-state index in [0.717, 1.165) is 31.6 Å². The summed E-state index contributed by atoms with van der Waals surface area (Å²) in [6.07, 6.45) is 0.983. The normalized spacial score (nSPS) is 19.3. The lowest BCUT2D eigenvalue weighted by atomic mass is 10.1. The molecular formula is C12H14F2N2O. The van der Waals surface area contributed by atoms with Gasteiger partial charge < -0.3 is 10.6 Å². The highest BCUT2D eigenvalue weighted by molar-refractivity contribution is 5.78. The number of hydrogen-bond acceptors (Lipinski definition) is 2. The smallest absolute Gasteiger partial charge is 0.224 e.